The number of hydrogen-bond acceptors (Lipinski definition) is 1. The number of nitrogens with zero attached hydrogens (tertiary/aromatic N) is 1. The predicted molar refractivity (Wildman–Crippen MR) is 145 cm³/mol. The molecule has 7 aromatic rings. The van der Waals surface area contributed by atoms with E-state index in [1.54, 1.807) is 0 Å². The number of rotatable bonds is 3. The van der Waals surface area contributed by atoms with Crippen molar-refractivity contribution in [2.24, 2.45) is 7.05 Å². The summed E-state index contributed by atoms with van der Waals surface area (Å²) in [6, 6.07) is 41.7. The van der Waals surface area contributed by atoms with Gasteiger partial charge in [0.25, 0.3) is 0 Å². The van der Waals surface area contributed by atoms with Crippen LogP contribution in [0.1, 0.15) is 0 Å². The molecule has 0 N–H and O–H groups in total. The Morgan fingerprint density at radius 1 is 0.559 bits per heavy atom. The van der Waals surface area contributed by atoms with Crippen LogP contribution in [0.25, 0.3) is 43.7 Å². The summed E-state index contributed by atoms with van der Waals surface area (Å²) in [4.78, 5) is 0. The Morgan fingerprint density at radius 2 is 1.21 bits per heavy atom. The Balaban J connectivity index is 1.51. The summed E-state index contributed by atoms with van der Waals surface area (Å²) >= 11 is 0. The first-order valence-corrected chi connectivity index (χ1v) is 13.1. The number of fused-ring (bicyclic) bond motifs is 7. The molecule has 161 valence electrons. The highest BCUT2D eigenvalue weighted by atomic mass is 28.3. The first kappa shape index (κ1) is 19.4. The van der Waals surface area contributed by atoms with Gasteiger partial charge in [0.2, 0.25) is 0 Å². The number of aromatic nitrogens is 1. The van der Waals surface area contributed by atoms with E-state index >= 15 is 0 Å². The van der Waals surface area contributed by atoms with Crippen LogP contribution in [0.3, 0.4) is 0 Å². The molecule has 0 amide bonds. The van der Waals surface area contributed by atoms with E-state index in [1.165, 1.54) is 42.6 Å². The molecule has 1 radical (unpaired) electrons. The van der Waals surface area contributed by atoms with Gasteiger partial charge >= 0.3 is 0 Å². The van der Waals surface area contributed by atoms with Gasteiger partial charge in [-0.25, -0.2) is 0 Å². The summed E-state index contributed by atoms with van der Waals surface area (Å²) in [7, 11) is 1.03. The Hall–Kier alpha value is -4.08. The van der Waals surface area contributed by atoms with E-state index in [2.05, 4.69) is 121 Å². The van der Waals surface area contributed by atoms with Gasteiger partial charge in [0.15, 0.2) is 14.4 Å². The van der Waals surface area contributed by atoms with Gasteiger partial charge in [-0.3, -0.25) is 0 Å². The second-order valence-corrected chi connectivity index (χ2v) is 11.3. The maximum atomic E-state index is 6.38. The van der Waals surface area contributed by atoms with Crippen molar-refractivity contribution in [2.45, 2.75) is 0 Å². The van der Waals surface area contributed by atoms with Gasteiger partial charge in [-0.1, -0.05) is 107 Å². The molecule has 0 bridgehead atoms. The van der Waals surface area contributed by atoms with Gasteiger partial charge in [0, 0.05) is 34.1 Å². The molecule has 0 atom stereocenters. The second kappa shape index (κ2) is 7.47. The smallest absolute Gasteiger partial charge is 0.159 e. The van der Waals surface area contributed by atoms with Crippen molar-refractivity contribution < 1.29 is 4.42 Å². The zero-order valence-corrected chi connectivity index (χ0v) is 19.8. The molecule has 0 saturated carbocycles. The van der Waals surface area contributed by atoms with Crippen LogP contribution in [-0.4, -0.2) is 13.4 Å². The molecule has 0 fully saturated rings. The van der Waals surface area contributed by atoms with Crippen molar-refractivity contribution in [3.8, 4) is 0 Å². The Morgan fingerprint density at radius 3 is 1.94 bits per heavy atom. The third-order valence-electron chi connectivity index (χ3n) is 6.92. The van der Waals surface area contributed by atoms with Crippen molar-refractivity contribution >= 4 is 68.1 Å². The molecule has 0 aliphatic rings. The summed E-state index contributed by atoms with van der Waals surface area (Å²) < 4.78 is 8.67. The van der Waals surface area contributed by atoms with E-state index in [0.717, 1.165) is 16.7 Å². The van der Waals surface area contributed by atoms with Crippen LogP contribution >= 0.6 is 0 Å². The number of benzene rings is 5. The summed E-state index contributed by atoms with van der Waals surface area (Å²) in [5.74, 6) is 0. The van der Waals surface area contributed by atoms with Crippen LogP contribution in [0.5, 0.6) is 0 Å². The highest BCUT2D eigenvalue weighted by Crippen LogP contribution is 2.37. The van der Waals surface area contributed by atoms with E-state index in [0.29, 0.717) is 0 Å². The van der Waals surface area contributed by atoms with Gasteiger partial charge in [0.05, 0.1) is 5.52 Å². The lowest BCUT2D eigenvalue weighted by molar-refractivity contribution is 0.670. The summed E-state index contributed by atoms with van der Waals surface area (Å²) in [6.45, 7) is 0. The third kappa shape index (κ3) is 2.80. The summed E-state index contributed by atoms with van der Waals surface area (Å²) in [6.07, 6.45) is 0. The normalized spacial score (nSPS) is 11.9. The van der Waals surface area contributed by atoms with E-state index in [-0.39, 0.29) is 0 Å². The molecule has 5 aromatic carbocycles. The molecule has 7 rings (SSSR count). The molecular weight excluding hydrogens is 430 g/mol. The molecule has 34 heavy (non-hydrogen) atoms. The molecule has 0 aliphatic heterocycles. The highest BCUT2D eigenvalue weighted by molar-refractivity contribution is 6.95. The first-order chi connectivity index (χ1) is 16.8. The fourth-order valence-electron chi connectivity index (χ4n) is 5.35. The lowest BCUT2D eigenvalue weighted by Gasteiger charge is -2.17. The number of aryl methyl sites for hydroxylation is 1. The van der Waals surface area contributed by atoms with E-state index < -0.39 is 8.80 Å². The fraction of sp³-hybridized carbons (Fsp3) is 0.0323. The molecule has 3 heteroatoms. The quantitative estimate of drug-likeness (QED) is 0.247. The summed E-state index contributed by atoms with van der Waals surface area (Å²) in [5, 5.41) is 9.07. The molecule has 0 spiro atoms. The summed E-state index contributed by atoms with van der Waals surface area (Å²) in [5.41, 5.74) is 4.30. The van der Waals surface area contributed by atoms with Crippen molar-refractivity contribution in [2.75, 3.05) is 0 Å². The second-order valence-electron chi connectivity index (χ2n) is 8.83. The highest BCUT2D eigenvalue weighted by Gasteiger charge is 2.22. The van der Waals surface area contributed by atoms with Gasteiger partial charge in [0.1, 0.15) is 5.58 Å². The average molecular weight is 453 g/mol. The third-order valence-corrected chi connectivity index (χ3v) is 9.63. The van der Waals surface area contributed by atoms with Crippen LogP contribution in [0.15, 0.2) is 120 Å². The van der Waals surface area contributed by atoms with Crippen molar-refractivity contribution in [3.05, 3.63) is 115 Å². The van der Waals surface area contributed by atoms with Gasteiger partial charge in [-0.2, -0.15) is 0 Å². The largest absolute Gasteiger partial charge is 0.454 e. The van der Waals surface area contributed by atoms with Crippen molar-refractivity contribution in [1.82, 2.24) is 4.57 Å². The number of para-hydroxylation sites is 1. The van der Waals surface area contributed by atoms with Crippen molar-refractivity contribution in [3.63, 3.8) is 0 Å². The van der Waals surface area contributed by atoms with E-state index in [4.69, 9.17) is 4.42 Å². The molecule has 2 heterocycles. The Kier molecular flexibility index (Phi) is 4.26. The molecule has 0 unspecified atom stereocenters. The fourth-order valence-corrected chi connectivity index (χ4v) is 7.95. The average Bonchev–Trinajstić information content (AvgIpc) is 3.41. The molecule has 2 aromatic heterocycles. The Labute approximate surface area is 199 Å². The van der Waals surface area contributed by atoms with Crippen LogP contribution in [0, 0.1) is 0 Å². The maximum absolute atomic E-state index is 6.38. The molecule has 0 saturated heterocycles. The Bertz CT molecular complexity index is 1770. The SMILES string of the molecule is Cn1c2ccc([Si](c3ccccc3)c3ccccc3)cc2c2ccc3c4ccccc4oc3c21. The number of hydrogen-bond donors (Lipinski definition) is 0. The van der Waals surface area contributed by atoms with Crippen molar-refractivity contribution in [1.29, 1.82) is 0 Å². The maximum Gasteiger partial charge on any atom is 0.159 e. The molecule has 2 nitrogen and oxygen atoms in total. The first-order valence-electron chi connectivity index (χ1n) is 11.6. The van der Waals surface area contributed by atoms with Gasteiger partial charge < -0.3 is 8.98 Å². The zero-order valence-electron chi connectivity index (χ0n) is 18.8. The lowest BCUT2D eigenvalue weighted by Crippen LogP contribution is -2.51. The molecular formula is C31H22NOSi. The minimum absolute atomic E-state index is 0.939. The zero-order chi connectivity index (χ0) is 22.6. The minimum atomic E-state index is -1.12. The van der Waals surface area contributed by atoms with Crippen LogP contribution < -0.4 is 15.6 Å². The number of furan rings is 1. The standard InChI is InChI=1S/C31H22NOSi/c1-32-28-19-16-23(34(21-10-4-2-5-11-21)22-12-6-3-7-13-22)20-27(28)25-17-18-26-24-14-8-9-15-29(24)33-31(26)30(25)32/h2-20H,1H3. The predicted octanol–water partition coefficient (Wildman–Crippen LogP) is 5.75. The monoisotopic (exact) mass is 452 g/mol. The lowest BCUT2D eigenvalue weighted by atomic mass is 10.1. The van der Waals surface area contributed by atoms with Crippen LogP contribution in [0.4, 0.5) is 0 Å². The van der Waals surface area contributed by atoms with Gasteiger partial charge in [-0.05, 0) is 23.4 Å². The van der Waals surface area contributed by atoms with E-state index in [1.807, 2.05) is 6.07 Å². The van der Waals surface area contributed by atoms with Crippen LogP contribution in [0.2, 0.25) is 0 Å². The molecule has 0 aliphatic carbocycles. The minimum Gasteiger partial charge on any atom is -0.454 e. The topological polar surface area (TPSA) is 18.1 Å². The van der Waals surface area contributed by atoms with Crippen LogP contribution in [-0.2, 0) is 7.05 Å². The van der Waals surface area contributed by atoms with E-state index in [9.17, 15) is 0 Å². The van der Waals surface area contributed by atoms with Gasteiger partial charge in [-0.15, -0.1) is 0 Å².